The molecule has 0 aromatic carbocycles. The van der Waals surface area contributed by atoms with Crippen molar-refractivity contribution >= 4 is 5.95 Å². The van der Waals surface area contributed by atoms with Crippen LogP contribution in [-0.4, -0.2) is 36.1 Å². The molecule has 1 N–H and O–H groups in total. The van der Waals surface area contributed by atoms with Crippen molar-refractivity contribution in [2.24, 2.45) is 0 Å². The highest BCUT2D eigenvalue weighted by atomic mass is 15.3. The van der Waals surface area contributed by atoms with Crippen molar-refractivity contribution in [3.63, 3.8) is 0 Å². The Morgan fingerprint density at radius 3 is 2.94 bits per heavy atom. The molecule has 1 aliphatic heterocycles. The summed E-state index contributed by atoms with van der Waals surface area (Å²) in [6.45, 7) is 2.16. The van der Waals surface area contributed by atoms with Gasteiger partial charge in [-0.3, -0.25) is 0 Å². The number of hydrogen-bond acceptors (Lipinski definition) is 4. The fourth-order valence-electron chi connectivity index (χ4n) is 2.27. The Hall–Kier alpha value is -1.16. The zero-order chi connectivity index (χ0) is 11.0. The van der Waals surface area contributed by atoms with Gasteiger partial charge in [0.2, 0.25) is 5.95 Å². The zero-order valence-corrected chi connectivity index (χ0v) is 9.69. The number of hydrogen-bond donors (Lipinski definition) is 1. The highest BCUT2D eigenvalue weighted by molar-refractivity contribution is 5.33. The van der Waals surface area contributed by atoms with Crippen molar-refractivity contribution in [1.29, 1.82) is 0 Å². The van der Waals surface area contributed by atoms with Crippen LogP contribution < -0.4 is 10.2 Å². The smallest absolute Gasteiger partial charge is 0.225 e. The summed E-state index contributed by atoms with van der Waals surface area (Å²) in [5.41, 5.74) is 1.22. The molecular formula is C12H18N4. The summed E-state index contributed by atoms with van der Waals surface area (Å²) in [5.74, 6) is 1.59. The number of rotatable bonds is 3. The molecule has 1 unspecified atom stereocenters. The van der Waals surface area contributed by atoms with Crippen molar-refractivity contribution in [3.05, 3.63) is 18.0 Å². The van der Waals surface area contributed by atoms with Gasteiger partial charge in [0.25, 0.3) is 0 Å². The molecule has 4 nitrogen and oxygen atoms in total. The van der Waals surface area contributed by atoms with E-state index in [1.165, 1.54) is 25.0 Å². The average Bonchev–Trinajstić information content (AvgIpc) is 3.04. The molecular weight excluding hydrogens is 200 g/mol. The zero-order valence-electron chi connectivity index (χ0n) is 9.69. The molecule has 2 aliphatic rings. The lowest BCUT2D eigenvalue weighted by molar-refractivity contribution is 0.665. The van der Waals surface area contributed by atoms with Gasteiger partial charge in [0.1, 0.15) is 0 Å². The van der Waals surface area contributed by atoms with Crippen LogP contribution in [-0.2, 0) is 0 Å². The lowest BCUT2D eigenvalue weighted by Gasteiger charge is -2.23. The standard InChI is InChI=1S/C12H18N4/c1-16(10-4-6-13-8-10)12-14-7-5-11(15-12)9-2-3-9/h5,7,9-10,13H,2-4,6,8H2,1H3. The van der Waals surface area contributed by atoms with Gasteiger partial charge < -0.3 is 10.2 Å². The SMILES string of the molecule is CN(c1nccc(C2CC2)n1)C1CCNC1. The summed E-state index contributed by atoms with van der Waals surface area (Å²) in [4.78, 5) is 11.3. The minimum absolute atomic E-state index is 0.550. The van der Waals surface area contributed by atoms with E-state index < -0.39 is 0 Å². The molecule has 0 amide bonds. The van der Waals surface area contributed by atoms with Crippen LogP contribution in [0.4, 0.5) is 5.95 Å². The van der Waals surface area contributed by atoms with Crippen molar-refractivity contribution < 1.29 is 0 Å². The van der Waals surface area contributed by atoms with Crippen LogP contribution in [0, 0.1) is 0 Å². The Kier molecular flexibility index (Phi) is 2.52. The fourth-order valence-corrected chi connectivity index (χ4v) is 2.27. The van der Waals surface area contributed by atoms with Gasteiger partial charge in [-0.25, -0.2) is 9.97 Å². The molecule has 4 heteroatoms. The first-order chi connectivity index (χ1) is 7.84. The largest absolute Gasteiger partial charge is 0.340 e. The summed E-state index contributed by atoms with van der Waals surface area (Å²) in [6.07, 6.45) is 5.68. The van der Waals surface area contributed by atoms with Gasteiger partial charge in [-0.15, -0.1) is 0 Å². The highest BCUT2D eigenvalue weighted by Gasteiger charge is 2.27. The monoisotopic (exact) mass is 218 g/mol. The minimum Gasteiger partial charge on any atom is -0.340 e. The van der Waals surface area contributed by atoms with E-state index in [1.54, 1.807) is 0 Å². The number of aromatic nitrogens is 2. The first-order valence-corrected chi connectivity index (χ1v) is 6.11. The van der Waals surface area contributed by atoms with E-state index in [0.717, 1.165) is 19.0 Å². The van der Waals surface area contributed by atoms with Gasteiger partial charge in [-0.1, -0.05) is 0 Å². The van der Waals surface area contributed by atoms with Crippen LogP contribution in [0.25, 0.3) is 0 Å². The van der Waals surface area contributed by atoms with E-state index in [2.05, 4.69) is 33.3 Å². The molecule has 16 heavy (non-hydrogen) atoms. The molecule has 1 atom stereocenters. The highest BCUT2D eigenvalue weighted by Crippen LogP contribution is 2.39. The summed E-state index contributed by atoms with van der Waals surface area (Å²) in [5, 5.41) is 3.38. The number of likely N-dealkylation sites (N-methyl/N-ethyl adjacent to an activating group) is 1. The lowest BCUT2D eigenvalue weighted by Crippen LogP contribution is -2.34. The van der Waals surface area contributed by atoms with Gasteiger partial charge >= 0.3 is 0 Å². The quantitative estimate of drug-likeness (QED) is 0.826. The third-order valence-electron chi connectivity index (χ3n) is 3.56. The Morgan fingerprint density at radius 1 is 1.38 bits per heavy atom. The van der Waals surface area contributed by atoms with Gasteiger partial charge in [0.05, 0.1) is 0 Å². The summed E-state index contributed by atoms with van der Waals surface area (Å²) >= 11 is 0. The van der Waals surface area contributed by atoms with Crippen LogP contribution in [0.1, 0.15) is 30.9 Å². The van der Waals surface area contributed by atoms with Gasteiger partial charge in [0, 0.05) is 37.4 Å². The second-order valence-electron chi connectivity index (χ2n) is 4.81. The second kappa shape index (κ2) is 4.01. The van der Waals surface area contributed by atoms with Crippen LogP contribution in [0.5, 0.6) is 0 Å². The molecule has 0 spiro atoms. The lowest BCUT2D eigenvalue weighted by atomic mass is 10.2. The van der Waals surface area contributed by atoms with Gasteiger partial charge in [0.15, 0.2) is 0 Å². The molecule has 2 heterocycles. The molecule has 3 rings (SSSR count). The van der Waals surface area contributed by atoms with Gasteiger partial charge in [-0.2, -0.15) is 0 Å². The number of anilines is 1. The topological polar surface area (TPSA) is 41.1 Å². The average molecular weight is 218 g/mol. The second-order valence-corrected chi connectivity index (χ2v) is 4.81. The Morgan fingerprint density at radius 2 is 2.25 bits per heavy atom. The van der Waals surface area contributed by atoms with E-state index >= 15 is 0 Å². The Labute approximate surface area is 96.1 Å². The molecule has 1 aromatic rings. The Bertz CT molecular complexity index is 369. The van der Waals surface area contributed by atoms with E-state index in [0.29, 0.717) is 12.0 Å². The summed E-state index contributed by atoms with van der Waals surface area (Å²) in [6, 6.07) is 2.61. The van der Waals surface area contributed by atoms with Gasteiger partial charge in [-0.05, 0) is 31.9 Å². The van der Waals surface area contributed by atoms with Crippen molar-refractivity contribution in [1.82, 2.24) is 15.3 Å². The van der Waals surface area contributed by atoms with E-state index in [1.807, 2.05) is 6.20 Å². The van der Waals surface area contributed by atoms with Crippen LogP contribution >= 0.6 is 0 Å². The molecule has 1 aliphatic carbocycles. The van der Waals surface area contributed by atoms with E-state index in [9.17, 15) is 0 Å². The van der Waals surface area contributed by atoms with E-state index in [4.69, 9.17) is 0 Å². The molecule has 0 bridgehead atoms. The maximum absolute atomic E-state index is 4.67. The molecule has 1 saturated heterocycles. The molecule has 1 saturated carbocycles. The van der Waals surface area contributed by atoms with Crippen molar-refractivity contribution in [2.75, 3.05) is 25.0 Å². The maximum Gasteiger partial charge on any atom is 0.225 e. The Balaban J connectivity index is 1.78. The molecule has 0 radical (unpaired) electrons. The summed E-state index contributed by atoms with van der Waals surface area (Å²) < 4.78 is 0. The minimum atomic E-state index is 0.550. The summed E-state index contributed by atoms with van der Waals surface area (Å²) in [7, 11) is 2.10. The third-order valence-corrected chi connectivity index (χ3v) is 3.56. The fraction of sp³-hybridized carbons (Fsp3) is 0.667. The van der Waals surface area contributed by atoms with E-state index in [-0.39, 0.29) is 0 Å². The molecule has 86 valence electrons. The predicted molar refractivity (Wildman–Crippen MR) is 63.7 cm³/mol. The van der Waals surface area contributed by atoms with Crippen LogP contribution in [0.2, 0.25) is 0 Å². The number of nitrogens with zero attached hydrogens (tertiary/aromatic N) is 3. The molecule has 2 fully saturated rings. The maximum atomic E-state index is 4.67. The predicted octanol–water partition coefficient (Wildman–Crippen LogP) is 1.15. The normalized spacial score (nSPS) is 24.7. The van der Waals surface area contributed by atoms with Crippen molar-refractivity contribution in [2.45, 2.75) is 31.2 Å². The number of nitrogens with one attached hydrogen (secondary N) is 1. The van der Waals surface area contributed by atoms with Crippen LogP contribution in [0.15, 0.2) is 12.3 Å². The third kappa shape index (κ3) is 1.89. The first kappa shape index (κ1) is 10.0. The van der Waals surface area contributed by atoms with Crippen LogP contribution in [0.3, 0.4) is 0 Å². The first-order valence-electron chi connectivity index (χ1n) is 6.11. The van der Waals surface area contributed by atoms with Crippen molar-refractivity contribution in [3.8, 4) is 0 Å². The molecule has 1 aromatic heterocycles.